The first-order valence-corrected chi connectivity index (χ1v) is 7.04. The quantitative estimate of drug-likeness (QED) is 0.468. The van der Waals surface area contributed by atoms with Gasteiger partial charge >= 0.3 is 0 Å². The molecule has 1 amide bonds. The minimum absolute atomic E-state index is 0.0459. The van der Waals surface area contributed by atoms with Crippen LogP contribution in [0.3, 0.4) is 0 Å². The predicted molar refractivity (Wildman–Crippen MR) is 79.4 cm³/mol. The number of nitro benzene ring substituents is 1. The van der Waals surface area contributed by atoms with Gasteiger partial charge in [0.05, 0.1) is 11.5 Å². The number of nitrogens with one attached hydrogen (secondary N) is 1. The van der Waals surface area contributed by atoms with Crippen molar-refractivity contribution in [1.29, 1.82) is 0 Å². The first-order chi connectivity index (χ1) is 9.47. The highest BCUT2D eigenvalue weighted by molar-refractivity contribution is 9.09. The molecule has 0 aliphatic heterocycles. The second-order valence-electron chi connectivity index (χ2n) is 4.30. The Morgan fingerprint density at radius 1 is 1.55 bits per heavy atom. The Morgan fingerprint density at radius 2 is 2.25 bits per heavy atom. The summed E-state index contributed by atoms with van der Waals surface area (Å²) in [4.78, 5) is 22.5. The second-order valence-corrected chi connectivity index (χ2v) is 5.60. The van der Waals surface area contributed by atoms with E-state index in [0.29, 0.717) is 30.7 Å². The van der Waals surface area contributed by atoms with Gasteiger partial charge in [0.15, 0.2) is 0 Å². The summed E-state index contributed by atoms with van der Waals surface area (Å²) in [6.07, 6.45) is 0.716. The molecule has 1 aromatic rings. The number of nitrogens with zero attached hydrogens (tertiary/aromatic N) is 1. The van der Waals surface area contributed by atoms with E-state index < -0.39 is 4.92 Å². The number of nitro groups is 1. The molecular weight excluding hydrogens is 328 g/mol. The number of ether oxygens (including phenoxy) is 1. The summed E-state index contributed by atoms with van der Waals surface area (Å²) in [6.45, 7) is 2.61. The van der Waals surface area contributed by atoms with Crippen molar-refractivity contribution < 1.29 is 14.5 Å². The highest BCUT2D eigenvalue weighted by Crippen LogP contribution is 2.20. The molecule has 0 heterocycles. The summed E-state index contributed by atoms with van der Waals surface area (Å²) in [6, 6.07) is 4.48. The van der Waals surface area contributed by atoms with Gasteiger partial charge in [-0.3, -0.25) is 14.9 Å². The molecule has 0 aromatic heterocycles. The van der Waals surface area contributed by atoms with Crippen molar-refractivity contribution in [2.75, 3.05) is 20.3 Å². The molecule has 0 aliphatic rings. The Hall–Kier alpha value is -1.47. The van der Waals surface area contributed by atoms with E-state index in [1.807, 2.05) is 0 Å². The molecule has 1 N–H and O–H groups in total. The highest BCUT2D eigenvalue weighted by Gasteiger charge is 2.17. The summed E-state index contributed by atoms with van der Waals surface area (Å²) in [7, 11) is 1.61. The molecule has 0 saturated carbocycles. The number of carbonyl (C=O) groups excluding carboxylic acids is 1. The maximum Gasteiger partial charge on any atom is 0.273 e. The third-order valence-electron chi connectivity index (χ3n) is 2.84. The van der Waals surface area contributed by atoms with Gasteiger partial charge in [-0.2, -0.15) is 0 Å². The van der Waals surface area contributed by atoms with Crippen molar-refractivity contribution in [1.82, 2.24) is 5.32 Å². The van der Waals surface area contributed by atoms with Crippen LogP contribution in [0.1, 0.15) is 22.3 Å². The number of methoxy groups -OCH3 is 1. The van der Waals surface area contributed by atoms with Crippen LogP contribution < -0.4 is 5.32 Å². The Kier molecular flexibility index (Phi) is 6.60. The Bertz CT molecular complexity index is 493. The monoisotopic (exact) mass is 344 g/mol. The minimum Gasteiger partial charge on any atom is -0.384 e. The molecule has 0 saturated heterocycles. The summed E-state index contributed by atoms with van der Waals surface area (Å²) >= 11 is 3.42. The van der Waals surface area contributed by atoms with Crippen LogP contribution in [0.15, 0.2) is 18.2 Å². The van der Waals surface area contributed by atoms with Crippen LogP contribution in [0.2, 0.25) is 0 Å². The molecule has 0 fully saturated rings. The van der Waals surface area contributed by atoms with Crippen LogP contribution in [0.25, 0.3) is 0 Å². The second kappa shape index (κ2) is 7.96. The first-order valence-electron chi connectivity index (χ1n) is 6.12. The highest BCUT2D eigenvalue weighted by atomic mass is 79.9. The van der Waals surface area contributed by atoms with Crippen LogP contribution in [0.4, 0.5) is 5.69 Å². The van der Waals surface area contributed by atoms with Gasteiger partial charge in [0.2, 0.25) is 0 Å². The molecule has 1 rings (SSSR count). The molecule has 0 radical (unpaired) electrons. The predicted octanol–water partition coefficient (Wildman–Crippen LogP) is 2.43. The number of benzene rings is 1. The smallest absolute Gasteiger partial charge is 0.273 e. The summed E-state index contributed by atoms with van der Waals surface area (Å²) < 4.78 is 4.97. The van der Waals surface area contributed by atoms with Gasteiger partial charge in [-0.25, -0.2) is 0 Å². The van der Waals surface area contributed by atoms with Gasteiger partial charge in [-0.05, 0) is 19.4 Å². The number of hydrogen-bond acceptors (Lipinski definition) is 4. The molecule has 0 bridgehead atoms. The van der Waals surface area contributed by atoms with E-state index in [2.05, 4.69) is 21.2 Å². The van der Waals surface area contributed by atoms with E-state index >= 15 is 0 Å². The molecule has 7 heteroatoms. The van der Waals surface area contributed by atoms with Crippen LogP contribution in [-0.4, -0.2) is 35.9 Å². The lowest BCUT2D eigenvalue weighted by Crippen LogP contribution is -2.27. The van der Waals surface area contributed by atoms with E-state index in [1.54, 1.807) is 20.1 Å². The third-order valence-corrected chi connectivity index (χ3v) is 3.56. The van der Waals surface area contributed by atoms with Gasteiger partial charge < -0.3 is 10.1 Å². The van der Waals surface area contributed by atoms with Gasteiger partial charge in [-0.15, -0.1) is 0 Å². The van der Waals surface area contributed by atoms with Crippen molar-refractivity contribution in [3.63, 3.8) is 0 Å². The number of alkyl halides is 1. The average molecular weight is 345 g/mol. The summed E-state index contributed by atoms with van der Waals surface area (Å²) in [5, 5.41) is 13.6. The lowest BCUT2D eigenvalue weighted by molar-refractivity contribution is -0.385. The number of halogens is 1. The lowest BCUT2D eigenvalue weighted by Gasteiger charge is -2.10. The molecule has 110 valence electrons. The molecule has 1 unspecified atom stereocenters. The van der Waals surface area contributed by atoms with E-state index in [-0.39, 0.29) is 16.4 Å². The standard InChI is InChI=1S/C13H17BrN2O4/c1-9-11(4-3-5-12(9)16(18)19)13(17)15-7-6-10(14)8-20-2/h3-5,10H,6-8H2,1-2H3,(H,15,17). The Labute approximate surface area is 125 Å². The molecule has 0 spiro atoms. The topological polar surface area (TPSA) is 81.5 Å². The molecule has 6 nitrogen and oxygen atoms in total. The van der Waals surface area contributed by atoms with E-state index in [4.69, 9.17) is 4.74 Å². The molecule has 1 atom stereocenters. The summed E-state index contributed by atoms with van der Waals surface area (Å²) in [5.74, 6) is -0.302. The van der Waals surface area contributed by atoms with Gasteiger partial charge in [-0.1, -0.05) is 22.0 Å². The Morgan fingerprint density at radius 3 is 2.85 bits per heavy atom. The largest absolute Gasteiger partial charge is 0.384 e. The fourth-order valence-corrected chi connectivity index (χ4v) is 2.26. The average Bonchev–Trinajstić information content (AvgIpc) is 2.38. The van der Waals surface area contributed by atoms with Crippen LogP contribution in [0, 0.1) is 17.0 Å². The first kappa shape index (κ1) is 16.6. The van der Waals surface area contributed by atoms with Gasteiger partial charge in [0.25, 0.3) is 11.6 Å². The minimum atomic E-state index is -0.487. The van der Waals surface area contributed by atoms with Gasteiger partial charge in [0, 0.05) is 35.7 Å². The molecule has 1 aromatic carbocycles. The lowest BCUT2D eigenvalue weighted by atomic mass is 10.1. The zero-order chi connectivity index (χ0) is 15.1. The molecular formula is C13H17BrN2O4. The van der Waals surface area contributed by atoms with Gasteiger partial charge in [0.1, 0.15) is 0 Å². The maximum absolute atomic E-state index is 12.0. The zero-order valence-electron chi connectivity index (χ0n) is 11.4. The van der Waals surface area contributed by atoms with Crippen molar-refractivity contribution in [2.45, 2.75) is 18.2 Å². The van der Waals surface area contributed by atoms with Crippen molar-refractivity contribution in [3.8, 4) is 0 Å². The van der Waals surface area contributed by atoms with Crippen LogP contribution in [-0.2, 0) is 4.74 Å². The van der Waals surface area contributed by atoms with Crippen molar-refractivity contribution in [2.24, 2.45) is 0 Å². The zero-order valence-corrected chi connectivity index (χ0v) is 13.0. The van der Waals surface area contributed by atoms with E-state index in [0.717, 1.165) is 0 Å². The third kappa shape index (κ3) is 4.57. The SMILES string of the molecule is COCC(Br)CCNC(=O)c1cccc([N+](=O)[O-])c1C. The van der Waals surface area contributed by atoms with Crippen LogP contribution in [0.5, 0.6) is 0 Å². The normalized spacial score (nSPS) is 11.9. The van der Waals surface area contributed by atoms with Crippen molar-refractivity contribution >= 4 is 27.5 Å². The fraction of sp³-hybridized carbons (Fsp3) is 0.462. The maximum atomic E-state index is 12.0. The summed E-state index contributed by atoms with van der Waals surface area (Å²) in [5.41, 5.74) is 0.662. The fourth-order valence-electron chi connectivity index (χ4n) is 1.77. The number of carbonyl (C=O) groups is 1. The Balaban J connectivity index is 2.64. The molecule has 20 heavy (non-hydrogen) atoms. The van der Waals surface area contributed by atoms with Crippen molar-refractivity contribution in [3.05, 3.63) is 39.4 Å². The number of rotatable bonds is 7. The molecule has 0 aliphatic carbocycles. The van der Waals surface area contributed by atoms with E-state index in [1.165, 1.54) is 12.1 Å². The number of amides is 1. The number of hydrogen-bond donors (Lipinski definition) is 1. The van der Waals surface area contributed by atoms with E-state index in [9.17, 15) is 14.9 Å². The van der Waals surface area contributed by atoms with Crippen LogP contribution >= 0.6 is 15.9 Å².